The fourth-order valence-electron chi connectivity index (χ4n) is 2.51. The number of sulfone groups is 1. The summed E-state index contributed by atoms with van der Waals surface area (Å²) < 4.78 is 24.4. The molecule has 21 heavy (non-hydrogen) atoms. The van der Waals surface area contributed by atoms with Gasteiger partial charge in [-0.15, -0.1) is 0 Å². The molecule has 0 fully saturated rings. The van der Waals surface area contributed by atoms with E-state index in [0.717, 1.165) is 24.1 Å². The molecule has 0 radical (unpaired) electrons. The highest BCUT2D eigenvalue weighted by molar-refractivity contribution is 7.92. The number of hydrogen-bond donors (Lipinski definition) is 0. The Morgan fingerprint density at radius 2 is 2.10 bits per heavy atom. The Balaban J connectivity index is 2.25. The number of anilines is 1. The second-order valence-electron chi connectivity index (χ2n) is 5.26. The summed E-state index contributed by atoms with van der Waals surface area (Å²) in [5, 5.41) is -1.01. The van der Waals surface area contributed by atoms with Crippen molar-refractivity contribution in [1.82, 2.24) is 0 Å². The van der Waals surface area contributed by atoms with Crippen molar-refractivity contribution in [2.45, 2.75) is 31.9 Å². The standard InChI is InChI=1S/C16H21NO3S/c1-3-4-12-21(19,20)13(2)16(18)17-11-7-9-14-8-5-6-10-15(14)17/h3-6,8,10,13H,7,9,11-12H2,1-2H3. The molecule has 1 aromatic rings. The van der Waals surface area contributed by atoms with Crippen LogP contribution in [0, 0.1) is 0 Å². The molecule has 0 N–H and O–H groups in total. The van der Waals surface area contributed by atoms with Gasteiger partial charge in [-0.3, -0.25) is 4.79 Å². The van der Waals surface area contributed by atoms with E-state index in [-0.39, 0.29) is 11.7 Å². The van der Waals surface area contributed by atoms with Gasteiger partial charge in [0, 0.05) is 12.2 Å². The molecule has 0 saturated carbocycles. The Morgan fingerprint density at radius 1 is 1.38 bits per heavy atom. The number of carbonyl (C=O) groups excluding carboxylic acids is 1. The molecule has 1 atom stereocenters. The van der Waals surface area contributed by atoms with Crippen LogP contribution in [0.2, 0.25) is 0 Å². The van der Waals surface area contributed by atoms with Crippen LogP contribution in [0.25, 0.3) is 0 Å². The van der Waals surface area contributed by atoms with E-state index in [2.05, 4.69) is 0 Å². The third-order valence-corrected chi connectivity index (χ3v) is 5.76. The Bertz CT molecular complexity index is 649. The third-order valence-electron chi connectivity index (χ3n) is 3.83. The summed E-state index contributed by atoms with van der Waals surface area (Å²) >= 11 is 0. The van der Waals surface area contributed by atoms with Gasteiger partial charge in [0.05, 0.1) is 5.75 Å². The molecule has 1 unspecified atom stereocenters. The maximum Gasteiger partial charge on any atom is 0.245 e. The molecule has 114 valence electrons. The predicted octanol–water partition coefficient (Wildman–Crippen LogP) is 2.35. The Kier molecular flexibility index (Phi) is 4.83. The molecular weight excluding hydrogens is 286 g/mol. The average Bonchev–Trinajstić information content (AvgIpc) is 2.51. The van der Waals surface area contributed by atoms with Crippen molar-refractivity contribution in [3.63, 3.8) is 0 Å². The minimum absolute atomic E-state index is 0.0914. The molecule has 1 heterocycles. The van der Waals surface area contributed by atoms with E-state index in [1.807, 2.05) is 24.3 Å². The second kappa shape index (κ2) is 6.43. The SMILES string of the molecule is CC=CCS(=O)(=O)C(C)C(=O)N1CCCc2ccccc21. The van der Waals surface area contributed by atoms with Crippen LogP contribution >= 0.6 is 0 Å². The van der Waals surface area contributed by atoms with Crippen LogP contribution in [-0.4, -0.2) is 31.9 Å². The van der Waals surface area contributed by atoms with Gasteiger partial charge in [-0.05, 0) is 38.3 Å². The molecule has 0 spiro atoms. The van der Waals surface area contributed by atoms with E-state index in [1.54, 1.807) is 24.0 Å². The molecule has 0 saturated heterocycles. The molecule has 5 heteroatoms. The first-order valence-electron chi connectivity index (χ1n) is 7.19. The number of nitrogens with zero attached hydrogens (tertiary/aromatic N) is 1. The number of fused-ring (bicyclic) bond motifs is 1. The lowest BCUT2D eigenvalue weighted by Crippen LogP contribution is -2.44. The van der Waals surface area contributed by atoms with Crippen molar-refractivity contribution < 1.29 is 13.2 Å². The topological polar surface area (TPSA) is 54.5 Å². The van der Waals surface area contributed by atoms with Crippen LogP contribution in [0.4, 0.5) is 5.69 Å². The number of hydrogen-bond acceptors (Lipinski definition) is 3. The van der Waals surface area contributed by atoms with Gasteiger partial charge >= 0.3 is 0 Å². The number of para-hydroxylation sites is 1. The number of aryl methyl sites for hydroxylation is 1. The molecule has 0 aliphatic carbocycles. The summed E-state index contributed by atoms with van der Waals surface area (Å²) in [5.74, 6) is -0.419. The summed E-state index contributed by atoms with van der Waals surface area (Å²) in [6, 6.07) is 7.70. The van der Waals surface area contributed by atoms with Gasteiger partial charge in [0.25, 0.3) is 0 Å². The Hall–Kier alpha value is -1.62. The molecule has 4 nitrogen and oxygen atoms in total. The normalized spacial score (nSPS) is 16.8. The average molecular weight is 307 g/mol. The van der Waals surface area contributed by atoms with Crippen LogP contribution in [0.5, 0.6) is 0 Å². The smallest absolute Gasteiger partial charge is 0.245 e. The molecule has 0 bridgehead atoms. The highest BCUT2D eigenvalue weighted by Crippen LogP contribution is 2.28. The van der Waals surface area contributed by atoms with Crippen molar-refractivity contribution in [1.29, 1.82) is 0 Å². The number of allylic oxidation sites excluding steroid dienone is 1. The summed E-state index contributed by atoms with van der Waals surface area (Å²) in [6.07, 6.45) is 5.05. The van der Waals surface area contributed by atoms with Gasteiger partial charge in [0.1, 0.15) is 5.25 Å². The van der Waals surface area contributed by atoms with Crippen LogP contribution < -0.4 is 4.90 Å². The quantitative estimate of drug-likeness (QED) is 0.802. The summed E-state index contributed by atoms with van der Waals surface area (Å²) in [5.41, 5.74) is 1.96. The fraction of sp³-hybridized carbons (Fsp3) is 0.438. The van der Waals surface area contributed by atoms with Crippen molar-refractivity contribution in [3.8, 4) is 0 Å². The first kappa shape index (κ1) is 15.8. The van der Waals surface area contributed by atoms with Crippen LogP contribution in [0.1, 0.15) is 25.8 Å². The van der Waals surface area contributed by atoms with Gasteiger partial charge in [-0.25, -0.2) is 8.42 Å². The van der Waals surface area contributed by atoms with Gasteiger partial charge in [-0.2, -0.15) is 0 Å². The third kappa shape index (κ3) is 3.35. The molecule has 0 aromatic heterocycles. The maximum absolute atomic E-state index is 12.6. The lowest BCUT2D eigenvalue weighted by Gasteiger charge is -2.31. The molecular formula is C16H21NO3S. The lowest BCUT2D eigenvalue weighted by molar-refractivity contribution is -0.118. The summed E-state index contributed by atoms with van der Waals surface area (Å²) in [4.78, 5) is 14.2. The second-order valence-corrected chi connectivity index (χ2v) is 7.63. The summed E-state index contributed by atoms with van der Waals surface area (Å²) in [6.45, 7) is 3.83. The van der Waals surface area contributed by atoms with Gasteiger partial charge < -0.3 is 4.90 Å². The van der Waals surface area contributed by atoms with Crippen molar-refractivity contribution >= 4 is 21.4 Å². The Morgan fingerprint density at radius 3 is 2.81 bits per heavy atom. The highest BCUT2D eigenvalue weighted by Gasteiger charge is 2.33. The molecule has 1 aliphatic rings. The van der Waals surface area contributed by atoms with Gasteiger partial charge in [-0.1, -0.05) is 30.4 Å². The van der Waals surface area contributed by atoms with E-state index in [1.165, 1.54) is 6.92 Å². The van der Waals surface area contributed by atoms with Crippen molar-refractivity contribution in [2.24, 2.45) is 0 Å². The van der Waals surface area contributed by atoms with Crippen LogP contribution in [-0.2, 0) is 21.1 Å². The van der Waals surface area contributed by atoms with Crippen LogP contribution in [0.15, 0.2) is 36.4 Å². The number of rotatable bonds is 4. The molecule has 2 rings (SSSR count). The number of amides is 1. The van der Waals surface area contributed by atoms with Crippen molar-refractivity contribution in [3.05, 3.63) is 42.0 Å². The zero-order valence-corrected chi connectivity index (χ0v) is 13.3. The monoisotopic (exact) mass is 307 g/mol. The van der Waals surface area contributed by atoms with Gasteiger partial charge in [0.15, 0.2) is 9.84 Å². The van der Waals surface area contributed by atoms with E-state index in [9.17, 15) is 13.2 Å². The van der Waals surface area contributed by atoms with E-state index in [4.69, 9.17) is 0 Å². The predicted molar refractivity (Wildman–Crippen MR) is 85.2 cm³/mol. The molecule has 1 aliphatic heterocycles. The van der Waals surface area contributed by atoms with E-state index >= 15 is 0 Å². The summed E-state index contributed by atoms with van der Waals surface area (Å²) in [7, 11) is -3.45. The van der Waals surface area contributed by atoms with Crippen LogP contribution in [0.3, 0.4) is 0 Å². The molecule has 1 aromatic carbocycles. The lowest BCUT2D eigenvalue weighted by atomic mass is 10.0. The van der Waals surface area contributed by atoms with Crippen molar-refractivity contribution in [2.75, 3.05) is 17.2 Å². The Labute approximate surface area is 126 Å². The number of carbonyl (C=O) groups is 1. The zero-order valence-electron chi connectivity index (χ0n) is 12.5. The zero-order chi connectivity index (χ0) is 15.5. The van der Waals surface area contributed by atoms with E-state index < -0.39 is 15.1 Å². The fourth-order valence-corrected chi connectivity index (χ4v) is 3.69. The molecule has 1 amide bonds. The largest absolute Gasteiger partial charge is 0.311 e. The minimum atomic E-state index is -3.45. The minimum Gasteiger partial charge on any atom is -0.311 e. The first-order chi connectivity index (χ1) is 9.97. The highest BCUT2D eigenvalue weighted by atomic mass is 32.2. The maximum atomic E-state index is 12.6. The van der Waals surface area contributed by atoms with Gasteiger partial charge in [0.2, 0.25) is 5.91 Å². The first-order valence-corrected chi connectivity index (χ1v) is 8.91. The number of benzene rings is 1. The van der Waals surface area contributed by atoms with E-state index in [0.29, 0.717) is 6.54 Å².